The van der Waals surface area contributed by atoms with Gasteiger partial charge in [-0.25, -0.2) is 14.8 Å². The molecule has 1 atom stereocenters. The number of rotatable bonds is 4. The van der Waals surface area contributed by atoms with Gasteiger partial charge in [0.2, 0.25) is 0 Å². The Morgan fingerprint density at radius 2 is 2.12 bits per heavy atom. The van der Waals surface area contributed by atoms with Gasteiger partial charge in [-0.2, -0.15) is 0 Å². The summed E-state index contributed by atoms with van der Waals surface area (Å²) in [6.07, 6.45) is 4.29. The van der Waals surface area contributed by atoms with Gasteiger partial charge in [0.15, 0.2) is 11.4 Å². The Bertz CT molecular complexity index is 828. The van der Waals surface area contributed by atoms with Crippen LogP contribution in [0.2, 0.25) is 0 Å². The fraction of sp³-hybridized carbons (Fsp3) is 0.438. The number of nitrogens with one attached hydrogen (secondary N) is 2. The fourth-order valence-corrected chi connectivity index (χ4v) is 2.98. The third-order valence-corrected chi connectivity index (χ3v) is 4.15. The average Bonchev–Trinajstić information content (AvgIpc) is 3.11. The van der Waals surface area contributed by atoms with Crippen molar-refractivity contribution < 1.29 is 14.3 Å². The number of piperidine rings is 1. The molecule has 0 radical (unpaired) electrons. The molecule has 0 spiro atoms. The van der Waals surface area contributed by atoms with E-state index in [9.17, 15) is 14.4 Å². The zero-order chi connectivity index (χ0) is 17.8. The minimum Gasteiger partial charge on any atom is -0.461 e. The molecular formula is C16H19N5O4. The molecule has 132 valence electrons. The van der Waals surface area contributed by atoms with Crippen LogP contribution in [-0.4, -0.2) is 56.4 Å². The standard InChI is InChI=1S/C16H19N5O4/c1-2-25-16(24)14-13(19-9-20-14)15(23)21-5-3-4-10(7-21)11-6-12(22)18-8-17-11/h6,8-10H,2-5,7H2,1H3,(H,19,20)(H,17,18,22). The summed E-state index contributed by atoms with van der Waals surface area (Å²) in [7, 11) is 0. The Morgan fingerprint density at radius 1 is 1.32 bits per heavy atom. The summed E-state index contributed by atoms with van der Waals surface area (Å²) in [5.74, 6) is -0.961. The number of amides is 1. The molecule has 3 heterocycles. The predicted molar refractivity (Wildman–Crippen MR) is 87.3 cm³/mol. The van der Waals surface area contributed by atoms with Crippen LogP contribution in [0.15, 0.2) is 23.5 Å². The lowest BCUT2D eigenvalue weighted by Gasteiger charge is -2.32. The molecule has 9 heteroatoms. The maximum Gasteiger partial charge on any atom is 0.357 e. The Labute approximate surface area is 143 Å². The Balaban J connectivity index is 1.78. The fourth-order valence-electron chi connectivity index (χ4n) is 2.98. The quantitative estimate of drug-likeness (QED) is 0.786. The number of likely N-dealkylation sites (tertiary alicyclic amines) is 1. The third kappa shape index (κ3) is 3.59. The van der Waals surface area contributed by atoms with E-state index in [-0.39, 0.29) is 35.4 Å². The Kier molecular flexibility index (Phi) is 4.92. The van der Waals surface area contributed by atoms with E-state index in [0.717, 1.165) is 12.8 Å². The summed E-state index contributed by atoms with van der Waals surface area (Å²) in [5, 5.41) is 0. The highest BCUT2D eigenvalue weighted by molar-refractivity contribution is 6.02. The number of hydrogen-bond donors (Lipinski definition) is 2. The molecule has 2 N–H and O–H groups in total. The summed E-state index contributed by atoms with van der Waals surface area (Å²) < 4.78 is 4.94. The first kappa shape index (κ1) is 16.9. The van der Waals surface area contributed by atoms with Crippen molar-refractivity contribution in [2.24, 2.45) is 0 Å². The molecule has 0 saturated carbocycles. The summed E-state index contributed by atoms with van der Waals surface area (Å²) in [5.41, 5.74) is 0.556. The molecule has 0 aliphatic carbocycles. The molecule has 9 nitrogen and oxygen atoms in total. The highest BCUT2D eigenvalue weighted by atomic mass is 16.5. The summed E-state index contributed by atoms with van der Waals surface area (Å²) >= 11 is 0. The molecule has 1 fully saturated rings. The molecule has 1 aliphatic heterocycles. The lowest BCUT2D eigenvalue weighted by Crippen LogP contribution is -2.40. The van der Waals surface area contributed by atoms with Gasteiger partial charge in [-0.3, -0.25) is 9.59 Å². The van der Waals surface area contributed by atoms with Gasteiger partial charge < -0.3 is 19.6 Å². The molecule has 1 amide bonds. The normalized spacial score (nSPS) is 17.3. The second kappa shape index (κ2) is 7.29. The lowest BCUT2D eigenvalue weighted by molar-refractivity contribution is 0.0510. The lowest BCUT2D eigenvalue weighted by atomic mass is 9.94. The maximum absolute atomic E-state index is 12.8. The smallest absolute Gasteiger partial charge is 0.357 e. The van der Waals surface area contributed by atoms with Crippen LogP contribution < -0.4 is 5.56 Å². The number of nitrogens with zero attached hydrogens (tertiary/aromatic N) is 3. The van der Waals surface area contributed by atoms with Crippen molar-refractivity contribution in [3.05, 3.63) is 46.2 Å². The first-order chi connectivity index (χ1) is 12.1. The minimum absolute atomic E-state index is 0.0232. The monoisotopic (exact) mass is 345 g/mol. The van der Waals surface area contributed by atoms with Gasteiger partial charge in [0.1, 0.15) is 0 Å². The molecule has 1 unspecified atom stereocenters. The van der Waals surface area contributed by atoms with Crippen molar-refractivity contribution >= 4 is 11.9 Å². The van der Waals surface area contributed by atoms with Crippen molar-refractivity contribution in [1.82, 2.24) is 24.8 Å². The zero-order valence-corrected chi connectivity index (χ0v) is 13.8. The van der Waals surface area contributed by atoms with Gasteiger partial charge in [0.25, 0.3) is 11.5 Å². The van der Waals surface area contributed by atoms with Crippen LogP contribution in [0.3, 0.4) is 0 Å². The summed E-state index contributed by atoms with van der Waals surface area (Å²) in [6.45, 7) is 2.89. The predicted octanol–water partition coefficient (Wildman–Crippen LogP) is 0.690. The largest absolute Gasteiger partial charge is 0.461 e. The van der Waals surface area contributed by atoms with Gasteiger partial charge in [-0.1, -0.05) is 0 Å². The molecule has 0 bridgehead atoms. The van der Waals surface area contributed by atoms with E-state index in [1.54, 1.807) is 11.8 Å². The van der Waals surface area contributed by atoms with E-state index in [4.69, 9.17) is 4.74 Å². The second-order valence-electron chi connectivity index (χ2n) is 5.77. The number of aromatic amines is 2. The van der Waals surface area contributed by atoms with Gasteiger partial charge in [0, 0.05) is 25.1 Å². The Morgan fingerprint density at radius 3 is 2.88 bits per heavy atom. The number of carbonyl (C=O) groups is 2. The third-order valence-electron chi connectivity index (χ3n) is 4.15. The van der Waals surface area contributed by atoms with Gasteiger partial charge >= 0.3 is 5.97 Å². The van der Waals surface area contributed by atoms with Crippen LogP contribution in [0.5, 0.6) is 0 Å². The highest BCUT2D eigenvalue weighted by Crippen LogP contribution is 2.25. The van der Waals surface area contributed by atoms with E-state index < -0.39 is 5.97 Å². The van der Waals surface area contributed by atoms with E-state index in [1.807, 2.05) is 0 Å². The molecule has 3 rings (SSSR count). The van der Waals surface area contributed by atoms with Crippen molar-refractivity contribution in [2.45, 2.75) is 25.7 Å². The first-order valence-electron chi connectivity index (χ1n) is 8.14. The number of esters is 1. The highest BCUT2D eigenvalue weighted by Gasteiger charge is 2.30. The molecule has 2 aromatic rings. The van der Waals surface area contributed by atoms with Crippen molar-refractivity contribution in [2.75, 3.05) is 19.7 Å². The van der Waals surface area contributed by atoms with Crippen molar-refractivity contribution in [3.8, 4) is 0 Å². The van der Waals surface area contributed by atoms with Gasteiger partial charge in [-0.05, 0) is 19.8 Å². The van der Waals surface area contributed by atoms with Gasteiger partial charge in [0.05, 0.1) is 25.0 Å². The van der Waals surface area contributed by atoms with E-state index in [2.05, 4.69) is 19.9 Å². The van der Waals surface area contributed by atoms with Crippen LogP contribution in [0.1, 0.15) is 52.4 Å². The molecular weight excluding hydrogens is 326 g/mol. The van der Waals surface area contributed by atoms with Crippen molar-refractivity contribution in [3.63, 3.8) is 0 Å². The molecule has 0 aromatic carbocycles. The van der Waals surface area contributed by atoms with Crippen molar-refractivity contribution in [1.29, 1.82) is 0 Å². The van der Waals surface area contributed by atoms with Gasteiger partial charge in [-0.15, -0.1) is 0 Å². The number of carbonyl (C=O) groups excluding carboxylic acids is 2. The van der Waals surface area contributed by atoms with E-state index in [1.165, 1.54) is 18.7 Å². The molecule has 1 aliphatic rings. The van der Waals surface area contributed by atoms with Crippen LogP contribution in [-0.2, 0) is 4.74 Å². The van der Waals surface area contributed by atoms with Crippen LogP contribution in [0, 0.1) is 0 Å². The Hall–Kier alpha value is -2.97. The van der Waals surface area contributed by atoms with E-state index >= 15 is 0 Å². The topological polar surface area (TPSA) is 121 Å². The molecule has 25 heavy (non-hydrogen) atoms. The SMILES string of the molecule is CCOC(=O)c1[nH]cnc1C(=O)N1CCCC(c2cc(=O)[nH]cn2)C1. The minimum atomic E-state index is -0.604. The zero-order valence-electron chi connectivity index (χ0n) is 13.8. The average molecular weight is 345 g/mol. The number of aromatic nitrogens is 4. The molecule has 2 aromatic heterocycles. The summed E-state index contributed by atoms with van der Waals surface area (Å²) in [4.78, 5) is 51.2. The number of ether oxygens (including phenoxy) is 1. The number of imidazole rings is 1. The second-order valence-corrected chi connectivity index (χ2v) is 5.77. The number of H-pyrrole nitrogens is 2. The first-order valence-corrected chi connectivity index (χ1v) is 8.14. The maximum atomic E-state index is 12.8. The van der Waals surface area contributed by atoms with E-state index in [0.29, 0.717) is 18.8 Å². The molecule has 1 saturated heterocycles. The number of hydrogen-bond acceptors (Lipinski definition) is 6. The van der Waals surface area contributed by atoms with Crippen LogP contribution in [0.25, 0.3) is 0 Å². The van der Waals surface area contributed by atoms with Crippen LogP contribution in [0.4, 0.5) is 0 Å². The van der Waals surface area contributed by atoms with Crippen LogP contribution >= 0.6 is 0 Å². The summed E-state index contributed by atoms with van der Waals surface area (Å²) in [6, 6.07) is 1.46.